The number of carbonyl (C=O) groups is 2. The van der Waals surface area contributed by atoms with Crippen molar-refractivity contribution in [3.63, 3.8) is 0 Å². The quantitative estimate of drug-likeness (QED) is 0.629. The lowest BCUT2D eigenvalue weighted by Gasteiger charge is -2.17. The fourth-order valence-corrected chi connectivity index (χ4v) is 4.20. The standard InChI is InChI=1S/C22H20N2O3S/c1-14-3-5-15(6-4-14)21-23-18(13-28-21)12-20(25)24-10-9-16-11-17(22(26)27-2)7-8-19(16)24/h3-8,11,13H,9-10,12H2,1-2H3. The number of hydrogen-bond donors (Lipinski definition) is 0. The van der Waals surface area contributed by atoms with Crippen molar-refractivity contribution in [2.75, 3.05) is 18.6 Å². The minimum absolute atomic E-state index is 0.0188. The van der Waals surface area contributed by atoms with Gasteiger partial charge in [-0.2, -0.15) is 0 Å². The molecule has 0 radical (unpaired) electrons. The molecule has 2 heterocycles. The molecule has 0 spiro atoms. The maximum absolute atomic E-state index is 12.8. The molecule has 2 aromatic carbocycles. The summed E-state index contributed by atoms with van der Waals surface area (Å²) < 4.78 is 4.77. The van der Waals surface area contributed by atoms with Crippen molar-refractivity contribution in [3.8, 4) is 10.6 Å². The van der Waals surface area contributed by atoms with Crippen LogP contribution in [0.3, 0.4) is 0 Å². The Labute approximate surface area is 167 Å². The summed E-state index contributed by atoms with van der Waals surface area (Å²) in [5.41, 5.74) is 5.43. The second-order valence-electron chi connectivity index (χ2n) is 6.82. The Hall–Kier alpha value is -2.99. The van der Waals surface area contributed by atoms with Crippen molar-refractivity contribution < 1.29 is 14.3 Å². The van der Waals surface area contributed by atoms with E-state index in [0.29, 0.717) is 12.1 Å². The van der Waals surface area contributed by atoms with E-state index in [1.165, 1.54) is 12.7 Å². The number of amides is 1. The van der Waals surface area contributed by atoms with Crippen molar-refractivity contribution in [3.05, 3.63) is 70.2 Å². The van der Waals surface area contributed by atoms with Gasteiger partial charge in [-0.1, -0.05) is 29.8 Å². The smallest absolute Gasteiger partial charge is 0.337 e. The van der Waals surface area contributed by atoms with Crippen LogP contribution in [0.4, 0.5) is 5.69 Å². The van der Waals surface area contributed by atoms with Gasteiger partial charge < -0.3 is 9.64 Å². The highest BCUT2D eigenvalue weighted by Gasteiger charge is 2.26. The van der Waals surface area contributed by atoms with Gasteiger partial charge in [0.15, 0.2) is 0 Å². The molecule has 28 heavy (non-hydrogen) atoms. The Morgan fingerprint density at radius 3 is 2.71 bits per heavy atom. The van der Waals surface area contributed by atoms with Gasteiger partial charge in [0.05, 0.1) is 24.8 Å². The zero-order valence-electron chi connectivity index (χ0n) is 15.8. The summed E-state index contributed by atoms with van der Waals surface area (Å²) in [5, 5.41) is 2.87. The van der Waals surface area contributed by atoms with Crippen LogP contribution in [0.2, 0.25) is 0 Å². The highest BCUT2D eigenvalue weighted by Crippen LogP contribution is 2.30. The molecule has 3 aromatic rings. The summed E-state index contributed by atoms with van der Waals surface area (Å²) in [6, 6.07) is 13.6. The number of carbonyl (C=O) groups excluding carboxylic acids is 2. The molecule has 0 saturated heterocycles. The minimum Gasteiger partial charge on any atom is -0.465 e. The van der Waals surface area contributed by atoms with Crippen LogP contribution in [0, 0.1) is 6.92 Å². The molecule has 0 fully saturated rings. The Morgan fingerprint density at radius 2 is 1.96 bits per heavy atom. The Morgan fingerprint density at radius 1 is 1.18 bits per heavy atom. The lowest BCUT2D eigenvalue weighted by atomic mass is 10.1. The van der Waals surface area contributed by atoms with Crippen molar-refractivity contribution in [1.29, 1.82) is 0 Å². The van der Waals surface area contributed by atoms with Gasteiger partial charge in [-0.05, 0) is 37.1 Å². The van der Waals surface area contributed by atoms with Gasteiger partial charge in [0.1, 0.15) is 5.01 Å². The van der Waals surface area contributed by atoms with Crippen LogP contribution < -0.4 is 4.90 Å². The average molecular weight is 392 g/mol. The third kappa shape index (κ3) is 3.55. The molecular formula is C22H20N2O3S. The summed E-state index contributed by atoms with van der Waals surface area (Å²) in [6.45, 7) is 2.67. The number of esters is 1. The summed E-state index contributed by atoms with van der Waals surface area (Å²) in [4.78, 5) is 31.0. The number of nitrogens with zero attached hydrogens (tertiary/aromatic N) is 2. The lowest BCUT2D eigenvalue weighted by Crippen LogP contribution is -2.30. The van der Waals surface area contributed by atoms with E-state index in [-0.39, 0.29) is 18.3 Å². The molecule has 1 aliphatic heterocycles. The van der Waals surface area contributed by atoms with Crippen LogP contribution in [0.15, 0.2) is 47.8 Å². The molecule has 5 nitrogen and oxygen atoms in total. The largest absolute Gasteiger partial charge is 0.465 e. The zero-order valence-corrected chi connectivity index (χ0v) is 16.6. The minimum atomic E-state index is -0.362. The maximum atomic E-state index is 12.8. The topological polar surface area (TPSA) is 59.5 Å². The normalized spacial score (nSPS) is 12.7. The van der Waals surface area contributed by atoms with Crippen molar-refractivity contribution >= 4 is 28.9 Å². The van der Waals surface area contributed by atoms with Gasteiger partial charge in [-0.15, -0.1) is 11.3 Å². The molecule has 1 aromatic heterocycles. The van der Waals surface area contributed by atoms with E-state index in [1.807, 2.05) is 17.5 Å². The number of aromatic nitrogens is 1. The van der Waals surface area contributed by atoms with Gasteiger partial charge in [0, 0.05) is 23.2 Å². The van der Waals surface area contributed by atoms with Crippen LogP contribution in [0.25, 0.3) is 10.6 Å². The molecule has 142 valence electrons. The number of ether oxygens (including phenoxy) is 1. The molecule has 1 aliphatic rings. The Kier molecular flexibility index (Phi) is 4.96. The monoisotopic (exact) mass is 392 g/mol. The van der Waals surface area contributed by atoms with Gasteiger partial charge in [0.25, 0.3) is 0 Å². The van der Waals surface area contributed by atoms with Gasteiger partial charge in [-0.3, -0.25) is 4.79 Å². The predicted molar refractivity (Wildman–Crippen MR) is 110 cm³/mol. The van der Waals surface area contributed by atoms with E-state index in [9.17, 15) is 9.59 Å². The third-order valence-corrected chi connectivity index (χ3v) is 5.82. The summed E-state index contributed by atoms with van der Waals surface area (Å²) in [6.07, 6.45) is 0.998. The van der Waals surface area contributed by atoms with Gasteiger partial charge in [0.2, 0.25) is 5.91 Å². The summed E-state index contributed by atoms with van der Waals surface area (Å²) >= 11 is 1.55. The first-order chi connectivity index (χ1) is 13.5. The molecule has 6 heteroatoms. The van der Waals surface area contributed by atoms with E-state index < -0.39 is 0 Å². The van der Waals surface area contributed by atoms with E-state index in [2.05, 4.69) is 36.2 Å². The predicted octanol–water partition coefficient (Wildman–Crippen LogP) is 4.04. The van der Waals surface area contributed by atoms with E-state index in [0.717, 1.165) is 33.9 Å². The fourth-order valence-electron chi connectivity index (χ4n) is 3.37. The Balaban J connectivity index is 1.49. The number of methoxy groups -OCH3 is 1. The molecule has 0 aliphatic carbocycles. The van der Waals surface area contributed by atoms with Crippen LogP contribution in [-0.4, -0.2) is 30.5 Å². The second kappa shape index (κ2) is 7.56. The molecule has 0 unspecified atom stereocenters. The van der Waals surface area contributed by atoms with Crippen molar-refractivity contribution in [2.24, 2.45) is 0 Å². The number of aryl methyl sites for hydroxylation is 1. The zero-order chi connectivity index (χ0) is 19.7. The van der Waals surface area contributed by atoms with E-state index in [1.54, 1.807) is 22.3 Å². The number of hydrogen-bond acceptors (Lipinski definition) is 5. The van der Waals surface area contributed by atoms with E-state index >= 15 is 0 Å². The summed E-state index contributed by atoms with van der Waals surface area (Å²) in [5.74, 6) is -0.344. The molecule has 0 N–H and O–H groups in total. The van der Waals surface area contributed by atoms with Crippen LogP contribution in [-0.2, 0) is 22.4 Å². The lowest BCUT2D eigenvalue weighted by molar-refractivity contribution is -0.117. The molecule has 1 amide bonds. The molecule has 4 rings (SSSR count). The number of rotatable bonds is 4. The molecule has 0 atom stereocenters. The van der Waals surface area contributed by atoms with Crippen LogP contribution >= 0.6 is 11.3 Å². The van der Waals surface area contributed by atoms with E-state index in [4.69, 9.17) is 4.74 Å². The SMILES string of the molecule is COC(=O)c1ccc2c(c1)CCN2C(=O)Cc1csc(-c2ccc(C)cc2)n1. The number of benzene rings is 2. The second-order valence-corrected chi connectivity index (χ2v) is 7.68. The number of anilines is 1. The third-order valence-electron chi connectivity index (χ3n) is 4.88. The Bertz CT molecular complexity index is 1040. The molecular weight excluding hydrogens is 372 g/mol. The first-order valence-electron chi connectivity index (χ1n) is 9.08. The fraction of sp³-hybridized carbons (Fsp3) is 0.227. The number of thiazole rings is 1. The number of fused-ring (bicyclic) bond motifs is 1. The first kappa shape index (κ1) is 18.4. The maximum Gasteiger partial charge on any atom is 0.337 e. The van der Waals surface area contributed by atoms with Crippen molar-refractivity contribution in [2.45, 2.75) is 19.8 Å². The first-order valence-corrected chi connectivity index (χ1v) is 9.96. The van der Waals surface area contributed by atoms with Crippen LogP contribution in [0.1, 0.15) is 27.2 Å². The summed E-state index contributed by atoms with van der Waals surface area (Å²) in [7, 11) is 1.37. The average Bonchev–Trinajstić information content (AvgIpc) is 3.34. The molecule has 0 saturated carbocycles. The highest BCUT2D eigenvalue weighted by molar-refractivity contribution is 7.13. The van der Waals surface area contributed by atoms with Crippen molar-refractivity contribution in [1.82, 2.24) is 4.98 Å². The van der Waals surface area contributed by atoms with Crippen LogP contribution in [0.5, 0.6) is 0 Å². The highest BCUT2D eigenvalue weighted by atomic mass is 32.1. The van der Waals surface area contributed by atoms with Gasteiger partial charge in [-0.25, -0.2) is 9.78 Å². The molecule has 0 bridgehead atoms. The van der Waals surface area contributed by atoms with Gasteiger partial charge >= 0.3 is 5.97 Å².